The molecular weight excluding hydrogens is 428 g/mol. The van der Waals surface area contributed by atoms with Gasteiger partial charge in [0.2, 0.25) is 11.7 Å². The summed E-state index contributed by atoms with van der Waals surface area (Å²) in [6, 6.07) is 13.4. The number of rotatable bonds is 4. The molecule has 2 aliphatic rings. The number of carbonyl (C=O) groups excluding carboxylic acids is 1. The van der Waals surface area contributed by atoms with Crippen molar-refractivity contribution < 1.29 is 14.1 Å². The third-order valence-corrected chi connectivity index (χ3v) is 6.07. The van der Waals surface area contributed by atoms with Crippen molar-refractivity contribution in [2.75, 3.05) is 32.8 Å². The molecule has 0 atom stereocenters. The first kappa shape index (κ1) is 20.7. The molecule has 8 heteroatoms. The van der Waals surface area contributed by atoms with Crippen LogP contribution < -0.4 is 4.74 Å². The summed E-state index contributed by atoms with van der Waals surface area (Å²) < 4.78 is 11.2. The molecule has 0 aliphatic carbocycles. The largest absolute Gasteiger partial charge is 0.488 e. The van der Waals surface area contributed by atoms with E-state index < -0.39 is 0 Å². The Bertz CT molecular complexity index is 1180. The molecule has 3 aromatic rings. The van der Waals surface area contributed by atoms with Gasteiger partial charge in [-0.15, -0.1) is 0 Å². The summed E-state index contributed by atoms with van der Waals surface area (Å²) in [6.45, 7) is 5.63. The van der Waals surface area contributed by atoms with Crippen LogP contribution in [0.25, 0.3) is 17.5 Å². The van der Waals surface area contributed by atoms with E-state index >= 15 is 0 Å². The van der Waals surface area contributed by atoms with E-state index in [-0.39, 0.29) is 12.5 Å². The average Bonchev–Trinajstić information content (AvgIpc) is 3.27. The normalized spacial score (nSPS) is 16.3. The second-order valence-electron chi connectivity index (χ2n) is 8.04. The van der Waals surface area contributed by atoms with E-state index in [2.05, 4.69) is 15.0 Å². The molecule has 0 N–H and O–H groups in total. The van der Waals surface area contributed by atoms with Crippen LogP contribution >= 0.6 is 11.6 Å². The van der Waals surface area contributed by atoms with Gasteiger partial charge in [0.15, 0.2) is 0 Å². The number of aryl methyl sites for hydroxylation is 1. The number of hydrogen-bond acceptors (Lipinski definition) is 6. The van der Waals surface area contributed by atoms with Crippen molar-refractivity contribution in [2.24, 2.45) is 0 Å². The third-order valence-electron chi connectivity index (χ3n) is 5.83. The monoisotopic (exact) mass is 450 g/mol. The van der Waals surface area contributed by atoms with Gasteiger partial charge in [-0.2, -0.15) is 4.98 Å². The number of ether oxygens (including phenoxy) is 1. The van der Waals surface area contributed by atoms with E-state index in [9.17, 15) is 4.79 Å². The quantitative estimate of drug-likeness (QED) is 0.601. The first-order chi connectivity index (χ1) is 15.6. The molecule has 1 amide bonds. The van der Waals surface area contributed by atoms with Crippen LogP contribution in [0.3, 0.4) is 0 Å². The van der Waals surface area contributed by atoms with Gasteiger partial charge >= 0.3 is 0 Å². The zero-order valence-corrected chi connectivity index (χ0v) is 18.5. The lowest BCUT2D eigenvalue weighted by molar-refractivity contribution is -0.129. The Kier molecular flexibility index (Phi) is 5.68. The van der Waals surface area contributed by atoms with Gasteiger partial charge in [0.1, 0.15) is 12.4 Å². The van der Waals surface area contributed by atoms with Gasteiger partial charge in [-0.25, -0.2) is 0 Å². The Labute approximate surface area is 191 Å². The SMILES string of the molecule is Cc1ccccc1-c1noc(CN2CCN(C(=O)C3=Cc4cc(Cl)ccc4OC3)CC2)n1. The summed E-state index contributed by atoms with van der Waals surface area (Å²) >= 11 is 6.08. The number of aromatic nitrogens is 2. The zero-order valence-electron chi connectivity index (χ0n) is 17.8. The molecule has 1 saturated heterocycles. The second-order valence-corrected chi connectivity index (χ2v) is 8.47. The Morgan fingerprint density at radius 3 is 2.75 bits per heavy atom. The Balaban J connectivity index is 1.19. The highest BCUT2D eigenvalue weighted by atomic mass is 35.5. The second kappa shape index (κ2) is 8.76. The minimum absolute atomic E-state index is 0.00917. The molecule has 2 aromatic carbocycles. The first-order valence-corrected chi connectivity index (χ1v) is 11.0. The fourth-order valence-electron chi connectivity index (χ4n) is 4.03. The molecule has 0 unspecified atom stereocenters. The lowest BCUT2D eigenvalue weighted by Gasteiger charge is -2.34. The number of carbonyl (C=O) groups is 1. The van der Waals surface area contributed by atoms with Gasteiger partial charge in [0.05, 0.1) is 12.1 Å². The van der Waals surface area contributed by atoms with Gasteiger partial charge in [-0.3, -0.25) is 9.69 Å². The van der Waals surface area contributed by atoms with Gasteiger partial charge < -0.3 is 14.2 Å². The number of amides is 1. The number of nitrogens with zero attached hydrogens (tertiary/aromatic N) is 4. The lowest BCUT2D eigenvalue weighted by atomic mass is 10.1. The molecule has 1 fully saturated rings. The maximum atomic E-state index is 13.0. The summed E-state index contributed by atoms with van der Waals surface area (Å²) in [5.74, 6) is 1.95. The van der Waals surface area contributed by atoms with E-state index in [1.807, 2.05) is 54.3 Å². The molecule has 0 saturated carbocycles. The van der Waals surface area contributed by atoms with Crippen molar-refractivity contribution in [3.05, 3.63) is 70.1 Å². The molecule has 3 heterocycles. The van der Waals surface area contributed by atoms with Crippen molar-refractivity contribution in [3.8, 4) is 17.1 Å². The van der Waals surface area contributed by atoms with E-state index in [1.54, 1.807) is 6.07 Å². The molecule has 0 spiro atoms. The molecule has 2 aliphatic heterocycles. The summed E-state index contributed by atoms with van der Waals surface area (Å²) in [6.07, 6.45) is 1.88. The topological polar surface area (TPSA) is 71.7 Å². The fourth-order valence-corrected chi connectivity index (χ4v) is 4.21. The molecule has 1 aromatic heterocycles. The van der Waals surface area contributed by atoms with Crippen molar-refractivity contribution in [1.29, 1.82) is 0 Å². The number of hydrogen-bond donors (Lipinski definition) is 0. The highest BCUT2D eigenvalue weighted by molar-refractivity contribution is 6.30. The smallest absolute Gasteiger partial charge is 0.253 e. The highest BCUT2D eigenvalue weighted by Crippen LogP contribution is 2.29. The fraction of sp³-hybridized carbons (Fsp3) is 0.292. The van der Waals surface area contributed by atoms with E-state index in [0.29, 0.717) is 41.9 Å². The van der Waals surface area contributed by atoms with Crippen molar-refractivity contribution in [1.82, 2.24) is 19.9 Å². The van der Waals surface area contributed by atoms with Crippen LogP contribution in [0.5, 0.6) is 5.75 Å². The predicted molar refractivity (Wildman–Crippen MR) is 121 cm³/mol. The Morgan fingerprint density at radius 2 is 1.94 bits per heavy atom. The van der Waals surface area contributed by atoms with Crippen molar-refractivity contribution in [3.63, 3.8) is 0 Å². The Morgan fingerprint density at radius 1 is 1.12 bits per heavy atom. The predicted octanol–water partition coefficient (Wildman–Crippen LogP) is 3.82. The standard InChI is InChI=1S/C24H23ClN4O3/c1-16-4-2-3-5-20(16)23-26-22(32-27-23)14-28-8-10-29(11-9-28)24(30)18-12-17-13-19(25)6-7-21(17)31-15-18/h2-7,12-13H,8-11,14-15H2,1H3. The maximum absolute atomic E-state index is 13.0. The number of halogens is 1. The number of piperazine rings is 1. The first-order valence-electron chi connectivity index (χ1n) is 10.6. The van der Waals surface area contributed by atoms with Gasteiger partial charge in [-0.1, -0.05) is 41.0 Å². The zero-order chi connectivity index (χ0) is 22.1. The van der Waals surface area contributed by atoms with Crippen LogP contribution in [0.1, 0.15) is 17.0 Å². The molecule has 5 rings (SSSR count). The van der Waals surface area contributed by atoms with Crippen LogP contribution in [0.4, 0.5) is 0 Å². The van der Waals surface area contributed by atoms with Crippen LogP contribution in [0, 0.1) is 6.92 Å². The van der Waals surface area contributed by atoms with Crippen LogP contribution in [-0.4, -0.2) is 58.6 Å². The number of fused-ring (bicyclic) bond motifs is 1. The number of benzene rings is 2. The summed E-state index contributed by atoms with van der Waals surface area (Å²) in [5.41, 5.74) is 3.57. The van der Waals surface area contributed by atoms with Gasteiger partial charge in [0.25, 0.3) is 5.91 Å². The van der Waals surface area contributed by atoms with Crippen molar-refractivity contribution >= 4 is 23.6 Å². The maximum Gasteiger partial charge on any atom is 0.253 e. The molecule has 0 bridgehead atoms. The average molecular weight is 451 g/mol. The minimum atomic E-state index is 0.00917. The van der Waals surface area contributed by atoms with E-state index in [4.69, 9.17) is 20.9 Å². The summed E-state index contributed by atoms with van der Waals surface area (Å²) in [4.78, 5) is 21.6. The van der Waals surface area contributed by atoms with Crippen LogP contribution in [0.2, 0.25) is 5.02 Å². The third kappa shape index (κ3) is 4.26. The summed E-state index contributed by atoms with van der Waals surface area (Å²) in [7, 11) is 0. The Hall–Kier alpha value is -3.16. The molecular formula is C24H23ClN4O3. The summed E-state index contributed by atoms with van der Waals surface area (Å²) in [5, 5.41) is 4.76. The molecule has 0 radical (unpaired) electrons. The molecule has 7 nitrogen and oxygen atoms in total. The highest BCUT2D eigenvalue weighted by Gasteiger charge is 2.26. The minimum Gasteiger partial charge on any atom is -0.488 e. The van der Waals surface area contributed by atoms with Crippen LogP contribution in [-0.2, 0) is 11.3 Å². The van der Waals surface area contributed by atoms with Crippen LogP contribution in [0.15, 0.2) is 52.6 Å². The van der Waals surface area contributed by atoms with Gasteiger partial charge in [-0.05, 0) is 36.8 Å². The van der Waals surface area contributed by atoms with E-state index in [1.165, 1.54) is 0 Å². The molecule has 32 heavy (non-hydrogen) atoms. The van der Waals surface area contributed by atoms with Crippen molar-refractivity contribution in [2.45, 2.75) is 13.5 Å². The lowest BCUT2D eigenvalue weighted by Crippen LogP contribution is -2.49. The molecule has 164 valence electrons. The van der Waals surface area contributed by atoms with Gasteiger partial charge in [0, 0.05) is 42.3 Å². The van der Waals surface area contributed by atoms with E-state index in [0.717, 1.165) is 35.5 Å².